The number of hydrogen-bond acceptors (Lipinski definition) is 4. The number of carbonyl (C=O) groups excluding carboxylic acids is 1. The summed E-state index contributed by atoms with van der Waals surface area (Å²) in [6.45, 7) is 0. The summed E-state index contributed by atoms with van der Waals surface area (Å²) in [7, 11) is 0.0398. The van der Waals surface area contributed by atoms with Gasteiger partial charge in [-0.15, -0.1) is 0 Å². The molecule has 0 saturated heterocycles. The normalized spacial score (nSPS) is 10.5. The van der Waals surface area contributed by atoms with E-state index in [1.54, 1.807) is 37.4 Å². The van der Waals surface area contributed by atoms with E-state index < -0.39 is 7.12 Å². The second-order valence-corrected chi connectivity index (χ2v) is 5.38. The second-order valence-electron chi connectivity index (χ2n) is 5.38. The first-order valence-corrected chi connectivity index (χ1v) is 7.42. The topological polar surface area (TPSA) is 78.8 Å². The van der Waals surface area contributed by atoms with Gasteiger partial charge in [-0.3, -0.25) is 4.79 Å². The zero-order valence-corrected chi connectivity index (χ0v) is 13.1. The van der Waals surface area contributed by atoms with Gasteiger partial charge in [-0.05, 0) is 52.6 Å². The lowest BCUT2D eigenvalue weighted by atomic mass is 9.80. The summed E-state index contributed by atoms with van der Waals surface area (Å²) in [5, 5.41) is 23.1. The lowest BCUT2D eigenvalue weighted by molar-refractivity contribution is 0.102. The van der Waals surface area contributed by atoms with Crippen LogP contribution >= 0.6 is 0 Å². The molecule has 0 atom stereocenters. The Hall–Kier alpha value is -2.83. The number of rotatable bonds is 4. The van der Waals surface area contributed by atoms with Crippen molar-refractivity contribution in [3.05, 3.63) is 66.2 Å². The third-order valence-electron chi connectivity index (χ3n) is 3.75. The molecule has 120 valence electrons. The van der Waals surface area contributed by atoms with Crippen LogP contribution in [-0.2, 0) is 0 Å². The molecule has 0 aliphatic heterocycles. The van der Waals surface area contributed by atoms with Crippen LogP contribution in [0.4, 0.5) is 5.69 Å². The van der Waals surface area contributed by atoms with E-state index in [2.05, 4.69) is 5.32 Å². The highest BCUT2D eigenvalue weighted by Gasteiger charge is 2.12. The number of hydrogen-bond donors (Lipinski definition) is 3. The molecule has 0 radical (unpaired) electrons. The van der Waals surface area contributed by atoms with E-state index in [9.17, 15) is 14.8 Å². The van der Waals surface area contributed by atoms with Gasteiger partial charge < -0.3 is 20.1 Å². The molecule has 0 fully saturated rings. The fourth-order valence-electron chi connectivity index (χ4n) is 2.47. The Morgan fingerprint density at radius 2 is 1.75 bits per heavy atom. The number of anilines is 1. The number of benzene rings is 3. The predicted molar refractivity (Wildman–Crippen MR) is 94.7 cm³/mol. The van der Waals surface area contributed by atoms with Gasteiger partial charge in [0.25, 0.3) is 5.91 Å². The molecule has 0 bridgehead atoms. The van der Waals surface area contributed by atoms with Gasteiger partial charge in [0, 0.05) is 11.3 Å². The molecule has 6 heteroatoms. The summed E-state index contributed by atoms with van der Waals surface area (Å²) in [6.07, 6.45) is 0. The summed E-state index contributed by atoms with van der Waals surface area (Å²) in [6, 6.07) is 17.5. The molecule has 0 aliphatic carbocycles. The van der Waals surface area contributed by atoms with Gasteiger partial charge in [-0.2, -0.15) is 0 Å². The number of amides is 1. The van der Waals surface area contributed by atoms with Crippen molar-refractivity contribution in [2.45, 2.75) is 0 Å². The zero-order chi connectivity index (χ0) is 17.1. The van der Waals surface area contributed by atoms with Crippen molar-refractivity contribution in [2.24, 2.45) is 0 Å². The summed E-state index contributed by atoms with van der Waals surface area (Å²) in [5.74, 6) is 0.497. The Kier molecular flexibility index (Phi) is 4.51. The maximum atomic E-state index is 12.4. The Labute approximate surface area is 139 Å². The highest BCUT2D eigenvalue weighted by molar-refractivity contribution is 6.58. The first-order valence-electron chi connectivity index (χ1n) is 7.42. The highest BCUT2D eigenvalue weighted by Crippen LogP contribution is 2.22. The number of fused-ring (bicyclic) bond motifs is 1. The molecular formula is C18H16BNO4. The highest BCUT2D eigenvalue weighted by atomic mass is 16.5. The van der Waals surface area contributed by atoms with Crippen LogP contribution in [-0.4, -0.2) is 30.2 Å². The van der Waals surface area contributed by atoms with Crippen molar-refractivity contribution < 1.29 is 19.6 Å². The third-order valence-corrected chi connectivity index (χ3v) is 3.75. The molecule has 0 aliphatic rings. The van der Waals surface area contributed by atoms with E-state index in [0.29, 0.717) is 16.7 Å². The van der Waals surface area contributed by atoms with Crippen molar-refractivity contribution in [1.82, 2.24) is 0 Å². The number of nitrogens with one attached hydrogen (secondary N) is 1. The lowest BCUT2D eigenvalue weighted by Crippen LogP contribution is -2.30. The van der Waals surface area contributed by atoms with Crippen LogP contribution < -0.4 is 15.5 Å². The summed E-state index contributed by atoms with van der Waals surface area (Å²) in [4.78, 5) is 12.4. The fourth-order valence-corrected chi connectivity index (χ4v) is 2.47. The first kappa shape index (κ1) is 16.0. The number of carbonyl (C=O) groups is 1. The lowest BCUT2D eigenvalue weighted by Gasteiger charge is -2.08. The van der Waals surface area contributed by atoms with Crippen LogP contribution in [0.5, 0.6) is 5.75 Å². The maximum Gasteiger partial charge on any atom is 0.488 e. The van der Waals surface area contributed by atoms with Gasteiger partial charge in [-0.1, -0.05) is 24.3 Å². The smallest absolute Gasteiger partial charge is 0.488 e. The van der Waals surface area contributed by atoms with E-state index in [1.807, 2.05) is 24.3 Å². The minimum atomic E-state index is -1.57. The standard InChI is InChI=1S/C18H16BNO4/c1-24-17-8-7-12-9-14(6-5-13(12)10-17)18(21)20-16-4-2-3-15(11-16)19(22)23/h2-11,22-23H,1H3,(H,20,21). The molecule has 5 nitrogen and oxygen atoms in total. The second kappa shape index (κ2) is 6.74. The van der Waals surface area contributed by atoms with Crippen LogP contribution in [0, 0.1) is 0 Å². The van der Waals surface area contributed by atoms with Gasteiger partial charge in [0.1, 0.15) is 5.75 Å². The molecule has 3 aromatic rings. The largest absolute Gasteiger partial charge is 0.497 e. The molecule has 0 heterocycles. The van der Waals surface area contributed by atoms with Crippen LogP contribution in [0.3, 0.4) is 0 Å². The fraction of sp³-hybridized carbons (Fsp3) is 0.0556. The molecule has 0 aromatic heterocycles. The molecule has 24 heavy (non-hydrogen) atoms. The van der Waals surface area contributed by atoms with Gasteiger partial charge in [0.05, 0.1) is 7.11 Å². The van der Waals surface area contributed by atoms with Crippen LogP contribution in [0.2, 0.25) is 0 Å². The van der Waals surface area contributed by atoms with E-state index in [1.165, 1.54) is 6.07 Å². The van der Waals surface area contributed by atoms with Gasteiger partial charge in [0.15, 0.2) is 0 Å². The molecule has 1 amide bonds. The minimum absolute atomic E-state index is 0.266. The van der Waals surface area contributed by atoms with E-state index >= 15 is 0 Å². The van der Waals surface area contributed by atoms with Crippen LogP contribution in [0.15, 0.2) is 60.7 Å². The Morgan fingerprint density at radius 1 is 1.00 bits per heavy atom. The van der Waals surface area contributed by atoms with Crippen molar-refractivity contribution in [3.63, 3.8) is 0 Å². The third kappa shape index (κ3) is 3.40. The van der Waals surface area contributed by atoms with E-state index in [-0.39, 0.29) is 5.91 Å². The average Bonchev–Trinajstić information content (AvgIpc) is 2.61. The Bertz CT molecular complexity index is 895. The monoisotopic (exact) mass is 321 g/mol. The summed E-state index contributed by atoms with van der Waals surface area (Å²) >= 11 is 0. The molecular weight excluding hydrogens is 305 g/mol. The van der Waals surface area contributed by atoms with Crippen molar-refractivity contribution in [1.29, 1.82) is 0 Å². The van der Waals surface area contributed by atoms with Gasteiger partial charge in [0.2, 0.25) is 0 Å². The Morgan fingerprint density at radius 3 is 2.50 bits per heavy atom. The molecule has 0 unspecified atom stereocenters. The molecule has 0 spiro atoms. The van der Waals surface area contributed by atoms with Crippen molar-refractivity contribution in [3.8, 4) is 5.75 Å². The van der Waals surface area contributed by atoms with Crippen molar-refractivity contribution in [2.75, 3.05) is 12.4 Å². The molecule has 3 rings (SSSR count). The van der Waals surface area contributed by atoms with E-state index in [0.717, 1.165) is 16.5 Å². The maximum absolute atomic E-state index is 12.4. The van der Waals surface area contributed by atoms with Gasteiger partial charge >= 0.3 is 7.12 Å². The predicted octanol–water partition coefficient (Wildman–Crippen LogP) is 1.78. The van der Waals surface area contributed by atoms with E-state index in [4.69, 9.17) is 4.74 Å². The van der Waals surface area contributed by atoms with Gasteiger partial charge in [-0.25, -0.2) is 0 Å². The SMILES string of the molecule is COc1ccc2cc(C(=O)Nc3cccc(B(O)O)c3)ccc2c1. The average molecular weight is 321 g/mol. The first-order chi connectivity index (χ1) is 11.6. The zero-order valence-electron chi connectivity index (χ0n) is 13.1. The summed E-state index contributed by atoms with van der Waals surface area (Å²) in [5.41, 5.74) is 1.33. The summed E-state index contributed by atoms with van der Waals surface area (Å²) < 4.78 is 5.19. The molecule has 3 N–H and O–H groups in total. The molecule has 0 saturated carbocycles. The van der Waals surface area contributed by atoms with Crippen molar-refractivity contribution >= 4 is 34.9 Å². The molecule has 3 aromatic carbocycles. The number of methoxy groups -OCH3 is 1. The quantitative estimate of drug-likeness (QED) is 0.640. The Balaban J connectivity index is 1.84. The van der Waals surface area contributed by atoms with Crippen LogP contribution in [0.1, 0.15) is 10.4 Å². The van der Waals surface area contributed by atoms with Crippen LogP contribution in [0.25, 0.3) is 10.8 Å². The number of ether oxygens (including phenoxy) is 1. The minimum Gasteiger partial charge on any atom is -0.497 e.